The minimum Gasteiger partial charge on any atom is -0.447 e. The number of ether oxygens (including phenoxy) is 1. The van der Waals surface area contributed by atoms with E-state index in [0.29, 0.717) is 26.2 Å². The summed E-state index contributed by atoms with van der Waals surface area (Å²) in [6.07, 6.45) is 3.15. The Morgan fingerprint density at radius 1 is 1.42 bits per heavy atom. The zero-order chi connectivity index (χ0) is 18.1. The normalized spacial score (nSPS) is 25.5. The zero-order valence-corrected chi connectivity index (χ0v) is 16.8. The fourth-order valence-electron chi connectivity index (χ4n) is 2.96. The van der Waals surface area contributed by atoms with Gasteiger partial charge in [-0.15, -0.1) is 0 Å². The SMILES string of the molecule is CC1=CC[C@H](C(=O)N2CCOC2=O)[C@@H](CO[Si](C)(C)C(C)(C)C)C1. The van der Waals surface area contributed by atoms with Crippen molar-refractivity contribution in [2.24, 2.45) is 11.8 Å². The van der Waals surface area contributed by atoms with E-state index >= 15 is 0 Å². The summed E-state index contributed by atoms with van der Waals surface area (Å²) in [6, 6.07) is 0. The van der Waals surface area contributed by atoms with E-state index in [0.717, 1.165) is 6.42 Å². The van der Waals surface area contributed by atoms with Gasteiger partial charge in [0.1, 0.15) is 6.61 Å². The molecule has 1 aliphatic heterocycles. The highest BCUT2D eigenvalue weighted by molar-refractivity contribution is 6.74. The van der Waals surface area contributed by atoms with Crippen molar-refractivity contribution in [2.75, 3.05) is 19.8 Å². The van der Waals surface area contributed by atoms with Crippen LogP contribution in [0.2, 0.25) is 18.1 Å². The first-order chi connectivity index (χ1) is 11.0. The van der Waals surface area contributed by atoms with Gasteiger partial charge in [-0.1, -0.05) is 32.4 Å². The van der Waals surface area contributed by atoms with Crippen molar-refractivity contribution in [3.8, 4) is 0 Å². The lowest BCUT2D eigenvalue weighted by Crippen LogP contribution is -2.45. The second-order valence-corrected chi connectivity index (χ2v) is 13.3. The van der Waals surface area contributed by atoms with Crippen LogP contribution in [-0.2, 0) is 14.0 Å². The first kappa shape index (κ1) is 19.2. The Labute approximate surface area is 146 Å². The molecule has 1 aliphatic carbocycles. The van der Waals surface area contributed by atoms with Crippen LogP contribution in [0.5, 0.6) is 0 Å². The molecule has 0 aromatic heterocycles. The Morgan fingerprint density at radius 3 is 2.62 bits per heavy atom. The number of carbonyl (C=O) groups is 2. The number of rotatable bonds is 4. The zero-order valence-electron chi connectivity index (χ0n) is 15.8. The van der Waals surface area contributed by atoms with Crippen molar-refractivity contribution in [1.29, 1.82) is 0 Å². The van der Waals surface area contributed by atoms with Crippen LogP contribution in [-0.4, -0.2) is 45.0 Å². The van der Waals surface area contributed by atoms with Crippen molar-refractivity contribution < 1.29 is 18.8 Å². The van der Waals surface area contributed by atoms with Crippen molar-refractivity contribution >= 4 is 20.3 Å². The number of carbonyl (C=O) groups excluding carboxylic acids is 2. The molecule has 1 fully saturated rings. The van der Waals surface area contributed by atoms with E-state index in [1.54, 1.807) is 0 Å². The molecule has 0 saturated carbocycles. The molecule has 1 heterocycles. The van der Waals surface area contributed by atoms with E-state index in [-0.39, 0.29) is 22.8 Å². The molecule has 0 unspecified atom stereocenters. The maximum atomic E-state index is 12.8. The van der Waals surface area contributed by atoms with Crippen LogP contribution < -0.4 is 0 Å². The highest BCUT2D eigenvalue weighted by Gasteiger charge is 2.41. The third-order valence-electron chi connectivity index (χ3n) is 5.68. The predicted molar refractivity (Wildman–Crippen MR) is 96.2 cm³/mol. The number of cyclic esters (lactones) is 1. The lowest BCUT2D eigenvalue weighted by Gasteiger charge is -2.39. The van der Waals surface area contributed by atoms with E-state index in [2.05, 4.69) is 46.9 Å². The summed E-state index contributed by atoms with van der Waals surface area (Å²) in [5.41, 5.74) is 1.30. The molecule has 136 valence electrons. The van der Waals surface area contributed by atoms with Crippen molar-refractivity contribution in [1.82, 2.24) is 4.90 Å². The molecule has 2 rings (SSSR count). The van der Waals surface area contributed by atoms with E-state index < -0.39 is 14.4 Å². The summed E-state index contributed by atoms with van der Waals surface area (Å²) >= 11 is 0. The topological polar surface area (TPSA) is 55.8 Å². The molecule has 0 aromatic rings. The van der Waals surface area contributed by atoms with Gasteiger partial charge >= 0.3 is 6.09 Å². The Morgan fingerprint density at radius 2 is 2.08 bits per heavy atom. The molecular weight excluding hydrogens is 322 g/mol. The lowest BCUT2D eigenvalue weighted by atomic mass is 9.79. The maximum Gasteiger partial charge on any atom is 0.416 e. The molecule has 0 radical (unpaired) electrons. The van der Waals surface area contributed by atoms with E-state index in [1.165, 1.54) is 10.5 Å². The monoisotopic (exact) mass is 353 g/mol. The molecule has 2 aliphatic rings. The smallest absolute Gasteiger partial charge is 0.416 e. The van der Waals surface area contributed by atoms with Gasteiger partial charge in [0.2, 0.25) is 5.91 Å². The van der Waals surface area contributed by atoms with Crippen molar-refractivity contribution in [3.05, 3.63) is 11.6 Å². The number of allylic oxidation sites excluding steroid dienone is 2. The molecule has 0 bridgehead atoms. The van der Waals surface area contributed by atoms with Gasteiger partial charge in [0.15, 0.2) is 8.32 Å². The van der Waals surface area contributed by atoms with Gasteiger partial charge in [0, 0.05) is 12.5 Å². The Hall–Kier alpha value is -1.14. The standard InChI is InChI=1S/C18H31NO4Si/c1-13-7-8-15(16(20)19-9-10-22-17(19)21)14(11-13)12-23-24(5,6)18(2,3)4/h7,14-15H,8-12H2,1-6H3/t14-,15+/m1/s1. The highest BCUT2D eigenvalue weighted by Crippen LogP contribution is 2.39. The largest absolute Gasteiger partial charge is 0.447 e. The first-order valence-electron chi connectivity index (χ1n) is 8.80. The molecule has 2 atom stereocenters. The summed E-state index contributed by atoms with van der Waals surface area (Å²) in [5, 5.41) is 0.144. The summed E-state index contributed by atoms with van der Waals surface area (Å²) in [5.74, 6) is -0.167. The Bertz CT molecular complexity index is 536. The average molecular weight is 354 g/mol. The number of nitrogens with zero attached hydrogens (tertiary/aromatic N) is 1. The summed E-state index contributed by atoms with van der Waals surface area (Å²) < 4.78 is 11.3. The quantitative estimate of drug-likeness (QED) is 0.567. The van der Waals surface area contributed by atoms with Crippen molar-refractivity contribution in [2.45, 2.75) is 58.7 Å². The highest BCUT2D eigenvalue weighted by atomic mass is 28.4. The summed E-state index contributed by atoms with van der Waals surface area (Å²) in [7, 11) is -1.86. The summed E-state index contributed by atoms with van der Waals surface area (Å²) in [6.45, 7) is 14.5. The van der Waals surface area contributed by atoms with Crippen LogP contribution in [0, 0.1) is 11.8 Å². The van der Waals surface area contributed by atoms with E-state index in [1.807, 2.05) is 0 Å². The molecule has 2 amide bonds. The molecule has 24 heavy (non-hydrogen) atoms. The Kier molecular flexibility index (Phi) is 5.60. The van der Waals surface area contributed by atoms with Gasteiger partial charge in [-0.2, -0.15) is 0 Å². The molecular formula is C18H31NO4Si. The van der Waals surface area contributed by atoms with Gasteiger partial charge in [0.25, 0.3) is 0 Å². The second-order valence-electron chi connectivity index (χ2n) is 8.53. The number of hydrogen-bond donors (Lipinski definition) is 0. The van der Waals surface area contributed by atoms with Crippen LogP contribution in [0.3, 0.4) is 0 Å². The second kappa shape index (κ2) is 7.00. The van der Waals surface area contributed by atoms with Crippen LogP contribution in [0.1, 0.15) is 40.5 Å². The van der Waals surface area contributed by atoms with Crippen LogP contribution in [0.15, 0.2) is 11.6 Å². The first-order valence-corrected chi connectivity index (χ1v) is 11.7. The molecule has 0 N–H and O–H groups in total. The summed E-state index contributed by atoms with van der Waals surface area (Å²) in [4.78, 5) is 25.8. The third-order valence-corrected chi connectivity index (χ3v) is 10.2. The molecule has 0 spiro atoms. The number of amides is 2. The van der Waals surface area contributed by atoms with E-state index in [9.17, 15) is 9.59 Å². The average Bonchev–Trinajstić information content (AvgIpc) is 2.89. The third kappa shape index (κ3) is 4.09. The molecule has 0 aromatic carbocycles. The minimum atomic E-state index is -1.86. The number of imide groups is 1. The fraction of sp³-hybridized carbons (Fsp3) is 0.778. The maximum absolute atomic E-state index is 12.8. The minimum absolute atomic E-state index is 0.106. The van der Waals surface area contributed by atoms with Gasteiger partial charge in [-0.3, -0.25) is 4.79 Å². The van der Waals surface area contributed by atoms with Gasteiger partial charge in [-0.05, 0) is 43.8 Å². The predicted octanol–water partition coefficient (Wildman–Crippen LogP) is 3.96. The van der Waals surface area contributed by atoms with Crippen LogP contribution >= 0.6 is 0 Å². The van der Waals surface area contributed by atoms with E-state index in [4.69, 9.17) is 9.16 Å². The van der Waals surface area contributed by atoms with Gasteiger partial charge < -0.3 is 9.16 Å². The Balaban J connectivity index is 2.09. The van der Waals surface area contributed by atoms with Crippen molar-refractivity contribution in [3.63, 3.8) is 0 Å². The van der Waals surface area contributed by atoms with Gasteiger partial charge in [0.05, 0.1) is 6.54 Å². The fourth-order valence-corrected chi connectivity index (χ4v) is 4.03. The molecule has 6 heteroatoms. The molecule has 1 saturated heterocycles. The van der Waals surface area contributed by atoms with Crippen LogP contribution in [0.4, 0.5) is 4.79 Å². The van der Waals surface area contributed by atoms with Crippen LogP contribution in [0.25, 0.3) is 0 Å². The van der Waals surface area contributed by atoms with Gasteiger partial charge in [-0.25, -0.2) is 9.69 Å². The molecule has 5 nitrogen and oxygen atoms in total. The number of hydrogen-bond acceptors (Lipinski definition) is 4. The lowest BCUT2D eigenvalue weighted by molar-refractivity contribution is -0.134.